The smallest absolute Gasteiger partial charge is 0.128 e. The lowest BCUT2D eigenvalue weighted by Gasteiger charge is -2.22. The summed E-state index contributed by atoms with van der Waals surface area (Å²) in [5, 5.41) is 13.4. The van der Waals surface area contributed by atoms with Crippen molar-refractivity contribution in [2.75, 3.05) is 20.3 Å². The van der Waals surface area contributed by atoms with Crippen LogP contribution in [0.4, 0.5) is 0 Å². The zero-order valence-electron chi connectivity index (χ0n) is 12.0. The predicted octanol–water partition coefficient (Wildman–Crippen LogP) is 2.78. The van der Waals surface area contributed by atoms with Crippen molar-refractivity contribution in [2.24, 2.45) is 0 Å². The van der Waals surface area contributed by atoms with Gasteiger partial charge in [0.05, 0.1) is 31.0 Å². The number of nitriles is 1. The second-order valence-electron chi connectivity index (χ2n) is 5.08. The van der Waals surface area contributed by atoms with Crippen LogP contribution in [-0.2, 0) is 4.74 Å². The fourth-order valence-electron chi connectivity index (χ4n) is 2.63. The third-order valence-electron chi connectivity index (χ3n) is 3.81. The van der Waals surface area contributed by atoms with E-state index in [1.807, 2.05) is 23.1 Å². The van der Waals surface area contributed by atoms with Crippen LogP contribution in [0, 0.1) is 11.3 Å². The molecule has 3 rings (SSSR count). The summed E-state index contributed by atoms with van der Waals surface area (Å²) < 4.78 is 12.8. The molecule has 0 spiro atoms. The molecule has 1 aromatic carbocycles. The van der Waals surface area contributed by atoms with E-state index >= 15 is 0 Å². The van der Waals surface area contributed by atoms with E-state index in [0.29, 0.717) is 17.4 Å². The van der Waals surface area contributed by atoms with Gasteiger partial charge in [-0.2, -0.15) is 10.4 Å². The molecule has 0 atom stereocenters. The Balaban J connectivity index is 1.90. The Labute approximate surface area is 123 Å². The molecule has 1 aliphatic rings. The van der Waals surface area contributed by atoms with Crippen LogP contribution in [0.5, 0.6) is 5.75 Å². The average Bonchev–Trinajstić information content (AvgIpc) is 3.04. The number of aromatic nitrogens is 2. The van der Waals surface area contributed by atoms with Crippen LogP contribution < -0.4 is 4.74 Å². The maximum Gasteiger partial charge on any atom is 0.128 e. The Kier molecular flexibility index (Phi) is 3.89. The summed E-state index contributed by atoms with van der Waals surface area (Å²) in [6, 6.07) is 7.97. The maximum atomic E-state index is 8.96. The minimum atomic E-state index is 0.400. The Morgan fingerprint density at radius 1 is 1.38 bits per heavy atom. The topological polar surface area (TPSA) is 60.1 Å². The third kappa shape index (κ3) is 2.76. The zero-order chi connectivity index (χ0) is 14.7. The van der Waals surface area contributed by atoms with E-state index in [9.17, 15) is 0 Å². The van der Waals surface area contributed by atoms with E-state index < -0.39 is 0 Å². The molecule has 5 heteroatoms. The monoisotopic (exact) mass is 283 g/mol. The molecule has 0 radical (unpaired) electrons. The van der Waals surface area contributed by atoms with Gasteiger partial charge in [0, 0.05) is 30.5 Å². The summed E-state index contributed by atoms with van der Waals surface area (Å²) in [7, 11) is 1.61. The first-order valence-corrected chi connectivity index (χ1v) is 7.02. The van der Waals surface area contributed by atoms with E-state index in [4.69, 9.17) is 14.7 Å². The van der Waals surface area contributed by atoms with Gasteiger partial charge in [-0.3, -0.25) is 4.68 Å². The van der Waals surface area contributed by atoms with Gasteiger partial charge in [-0.1, -0.05) is 0 Å². The highest BCUT2D eigenvalue weighted by molar-refractivity contribution is 5.70. The highest BCUT2D eigenvalue weighted by atomic mass is 16.5. The highest BCUT2D eigenvalue weighted by Crippen LogP contribution is 2.31. The Morgan fingerprint density at radius 2 is 2.19 bits per heavy atom. The number of hydrogen-bond acceptors (Lipinski definition) is 4. The summed E-state index contributed by atoms with van der Waals surface area (Å²) in [6.45, 7) is 1.58. The second-order valence-corrected chi connectivity index (χ2v) is 5.08. The number of nitrogens with zero attached hydrogens (tertiary/aromatic N) is 3. The molecule has 0 bridgehead atoms. The summed E-state index contributed by atoms with van der Waals surface area (Å²) in [6.07, 6.45) is 5.87. The van der Waals surface area contributed by atoms with Crippen molar-refractivity contribution >= 4 is 0 Å². The van der Waals surface area contributed by atoms with Crippen LogP contribution in [0.25, 0.3) is 11.1 Å². The van der Waals surface area contributed by atoms with Crippen molar-refractivity contribution in [1.29, 1.82) is 5.26 Å². The molecule has 2 heterocycles. The molecule has 0 aliphatic carbocycles. The summed E-state index contributed by atoms with van der Waals surface area (Å²) in [5.74, 6) is 0.695. The second kappa shape index (κ2) is 5.98. The van der Waals surface area contributed by atoms with Gasteiger partial charge in [0.25, 0.3) is 0 Å². The van der Waals surface area contributed by atoms with Gasteiger partial charge in [0.15, 0.2) is 0 Å². The van der Waals surface area contributed by atoms with Gasteiger partial charge in [-0.15, -0.1) is 0 Å². The summed E-state index contributed by atoms with van der Waals surface area (Å²) >= 11 is 0. The van der Waals surface area contributed by atoms with Gasteiger partial charge in [-0.05, 0) is 31.0 Å². The van der Waals surface area contributed by atoms with E-state index in [1.54, 1.807) is 19.2 Å². The number of methoxy groups -OCH3 is 1. The molecular formula is C16H17N3O2. The summed E-state index contributed by atoms with van der Waals surface area (Å²) in [5.41, 5.74) is 2.55. The van der Waals surface area contributed by atoms with Crippen molar-refractivity contribution in [3.63, 3.8) is 0 Å². The van der Waals surface area contributed by atoms with Crippen LogP contribution in [0.1, 0.15) is 24.4 Å². The van der Waals surface area contributed by atoms with Crippen molar-refractivity contribution < 1.29 is 9.47 Å². The SMILES string of the molecule is COc1cc(C#N)ccc1-c1cnn(C2CCOCC2)c1. The normalized spacial score (nSPS) is 15.6. The number of ether oxygens (including phenoxy) is 2. The van der Waals surface area contributed by atoms with E-state index in [-0.39, 0.29) is 0 Å². The molecule has 108 valence electrons. The summed E-state index contributed by atoms with van der Waals surface area (Å²) in [4.78, 5) is 0. The van der Waals surface area contributed by atoms with Crippen molar-refractivity contribution in [1.82, 2.24) is 9.78 Å². The lowest BCUT2D eigenvalue weighted by molar-refractivity contribution is 0.0662. The molecule has 0 unspecified atom stereocenters. The predicted molar refractivity (Wildman–Crippen MR) is 78.0 cm³/mol. The van der Waals surface area contributed by atoms with Crippen LogP contribution in [0.15, 0.2) is 30.6 Å². The maximum absolute atomic E-state index is 8.96. The van der Waals surface area contributed by atoms with Gasteiger partial charge in [0.1, 0.15) is 5.75 Å². The standard InChI is InChI=1S/C16H17N3O2/c1-20-16-8-12(9-17)2-3-15(16)13-10-18-19(11-13)14-4-6-21-7-5-14/h2-3,8,10-11,14H,4-7H2,1H3. The van der Waals surface area contributed by atoms with Crippen molar-refractivity contribution in [3.8, 4) is 22.9 Å². The number of rotatable bonds is 3. The largest absolute Gasteiger partial charge is 0.496 e. The molecule has 0 saturated carbocycles. The molecule has 2 aromatic rings. The molecule has 0 amide bonds. The first-order valence-electron chi connectivity index (χ1n) is 7.02. The Morgan fingerprint density at radius 3 is 2.90 bits per heavy atom. The minimum absolute atomic E-state index is 0.400. The average molecular weight is 283 g/mol. The third-order valence-corrected chi connectivity index (χ3v) is 3.81. The van der Waals surface area contributed by atoms with Gasteiger partial charge in [-0.25, -0.2) is 0 Å². The fourth-order valence-corrected chi connectivity index (χ4v) is 2.63. The van der Waals surface area contributed by atoms with Crippen LogP contribution >= 0.6 is 0 Å². The molecule has 21 heavy (non-hydrogen) atoms. The van der Waals surface area contributed by atoms with Gasteiger partial charge >= 0.3 is 0 Å². The Bertz CT molecular complexity index is 666. The lowest BCUT2D eigenvalue weighted by Crippen LogP contribution is -2.19. The Hall–Kier alpha value is -2.32. The highest BCUT2D eigenvalue weighted by Gasteiger charge is 2.17. The van der Waals surface area contributed by atoms with Crippen molar-refractivity contribution in [3.05, 3.63) is 36.2 Å². The molecule has 1 aromatic heterocycles. The lowest BCUT2D eigenvalue weighted by atomic mass is 10.1. The molecular weight excluding hydrogens is 266 g/mol. The van der Waals surface area contributed by atoms with Crippen LogP contribution in [0.3, 0.4) is 0 Å². The van der Waals surface area contributed by atoms with E-state index in [0.717, 1.165) is 37.2 Å². The molecule has 0 N–H and O–H groups in total. The quantitative estimate of drug-likeness (QED) is 0.869. The van der Waals surface area contributed by atoms with Crippen LogP contribution in [0.2, 0.25) is 0 Å². The van der Waals surface area contributed by atoms with E-state index in [1.165, 1.54) is 0 Å². The van der Waals surface area contributed by atoms with Gasteiger partial charge < -0.3 is 9.47 Å². The minimum Gasteiger partial charge on any atom is -0.496 e. The number of benzene rings is 1. The van der Waals surface area contributed by atoms with Crippen LogP contribution in [-0.4, -0.2) is 30.1 Å². The van der Waals surface area contributed by atoms with Gasteiger partial charge in [0.2, 0.25) is 0 Å². The molecule has 1 aliphatic heterocycles. The molecule has 5 nitrogen and oxygen atoms in total. The molecule has 1 saturated heterocycles. The van der Waals surface area contributed by atoms with E-state index in [2.05, 4.69) is 11.2 Å². The number of hydrogen-bond donors (Lipinski definition) is 0. The molecule has 1 fully saturated rings. The fraction of sp³-hybridized carbons (Fsp3) is 0.375. The van der Waals surface area contributed by atoms with Crippen molar-refractivity contribution in [2.45, 2.75) is 18.9 Å². The first kappa shape index (κ1) is 13.7. The first-order chi connectivity index (χ1) is 10.3. The zero-order valence-corrected chi connectivity index (χ0v) is 12.0.